The van der Waals surface area contributed by atoms with Crippen molar-refractivity contribution in [1.82, 2.24) is 0 Å². The number of rotatable bonds is 3. The summed E-state index contributed by atoms with van der Waals surface area (Å²) in [6.07, 6.45) is 0. The summed E-state index contributed by atoms with van der Waals surface area (Å²) < 4.78 is 0. The summed E-state index contributed by atoms with van der Waals surface area (Å²) in [5.41, 5.74) is 0.00532. The molecule has 0 radical (unpaired) electrons. The lowest BCUT2D eigenvalue weighted by atomic mass is 9.77. The topological polar surface area (TPSA) is 104 Å². The van der Waals surface area contributed by atoms with Crippen LogP contribution < -0.4 is 5.46 Å². The number of nitro groups is 1. The van der Waals surface area contributed by atoms with Crippen LogP contribution in [0.15, 0.2) is 18.2 Å². The normalized spacial score (nSPS) is 9.93. The number of nitrogens with zero attached hydrogens (tertiary/aromatic N) is 1. The maximum Gasteiger partial charge on any atom is 0.488 e. The van der Waals surface area contributed by atoms with Crippen LogP contribution in [0.25, 0.3) is 0 Å². The van der Waals surface area contributed by atoms with Crippen LogP contribution >= 0.6 is 0 Å². The number of benzene rings is 1. The zero-order valence-corrected chi connectivity index (χ0v) is 7.12. The first-order valence-corrected chi connectivity index (χ1v) is 3.80. The molecule has 0 saturated heterocycles. The number of nitro benzene ring substituents is 1. The molecular weight excluding hydrogens is 189 g/mol. The maximum atomic E-state index is 10.3. The third kappa shape index (κ3) is 2.08. The molecule has 0 saturated carbocycles. The number of aliphatic hydroxyl groups is 1. The fraction of sp³-hybridized carbons (Fsp3) is 0.143. The average molecular weight is 197 g/mol. The van der Waals surface area contributed by atoms with E-state index in [1.807, 2.05) is 0 Å². The van der Waals surface area contributed by atoms with Gasteiger partial charge >= 0.3 is 7.12 Å². The van der Waals surface area contributed by atoms with E-state index in [4.69, 9.17) is 15.2 Å². The van der Waals surface area contributed by atoms with Gasteiger partial charge in [-0.15, -0.1) is 0 Å². The van der Waals surface area contributed by atoms with E-state index in [2.05, 4.69) is 0 Å². The molecule has 0 aliphatic heterocycles. The molecule has 0 unspecified atom stereocenters. The largest absolute Gasteiger partial charge is 0.488 e. The maximum absolute atomic E-state index is 10.3. The molecule has 0 spiro atoms. The Balaban J connectivity index is 3.18. The van der Waals surface area contributed by atoms with Gasteiger partial charge in [-0.3, -0.25) is 10.1 Å². The lowest BCUT2D eigenvalue weighted by molar-refractivity contribution is -0.384. The number of hydrogen-bond acceptors (Lipinski definition) is 5. The molecule has 14 heavy (non-hydrogen) atoms. The monoisotopic (exact) mass is 197 g/mol. The quantitative estimate of drug-likeness (QED) is 0.319. The first kappa shape index (κ1) is 10.6. The Morgan fingerprint density at radius 3 is 2.50 bits per heavy atom. The van der Waals surface area contributed by atoms with Crippen molar-refractivity contribution < 1.29 is 20.1 Å². The molecule has 0 atom stereocenters. The molecule has 7 heteroatoms. The molecule has 74 valence electrons. The van der Waals surface area contributed by atoms with Crippen molar-refractivity contribution in [2.75, 3.05) is 0 Å². The van der Waals surface area contributed by atoms with Crippen LogP contribution in [0.2, 0.25) is 0 Å². The van der Waals surface area contributed by atoms with Crippen LogP contribution in [0.5, 0.6) is 0 Å². The predicted molar refractivity (Wildman–Crippen MR) is 48.8 cm³/mol. The van der Waals surface area contributed by atoms with Gasteiger partial charge in [-0.2, -0.15) is 0 Å². The van der Waals surface area contributed by atoms with Crippen molar-refractivity contribution >= 4 is 18.3 Å². The second-order valence-electron chi connectivity index (χ2n) is 2.67. The van der Waals surface area contributed by atoms with Crippen LogP contribution in [0.3, 0.4) is 0 Å². The van der Waals surface area contributed by atoms with E-state index in [1.165, 1.54) is 6.07 Å². The Kier molecular flexibility index (Phi) is 3.18. The van der Waals surface area contributed by atoms with E-state index in [1.54, 1.807) is 0 Å². The van der Waals surface area contributed by atoms with Gasteiger partial charge in [-0.25, -0.2) is 0 Å². The van der Waals surface area contributed by atoms with Gasteiger partial charge in [0.25, 0.3) is 5.69 Å². The Morgan fingerprint density at radius 1 is 1.43 bits per heavy atom. The Morgan fingerprint density at radius 2 is 2.07 bits per heavy atom. The third-order valence-corrected chi connectivity index (χ3v) is 1.79. The van der Waals surface area contributed by atoms with Gasteiger partial charge in [0.05, 0.1) is 11.5 Å². The summed E-state index contributed by atoms with van der Waals surface area (Å²) >= 11 is 0. The fourth-order valence-corrected chi connectivity index (χ4v) is 1.09. The van der Waals surface area contributed by atoms with Crippen molar-refractivity contribution in [1.29, 1.82) is 0 Å². The van der Waals surface area contributed by atoms with Crippen LogP contribution in [0, 0.1) is 10.1 Å². The molecule has 0 aliphatic carbocycles. The fourth-order valence-electron chi connectivity index (χ4n) is 1.09. The Hall–Kier alpha value is -1.44. The third-order valence-electron chi connectivity index (χ3n) is 1.79. The molecular formula is C7H8BNO5. The molecule has 6 nitrogen and oxygen atoms in total. The first-order valence-electron chi connectivity index (χ1n) is 3.80. The summed E-state index contributed by atoms with van der Waals surface area (Å²) in [5, 5.41) is 36.9. The van der Waals surface area contributed by atoms with E-state index < -0.39 is 18.6 Å². The first-order chi connectivity index (χ1) is 6.56. The average Bonchev–Trinajstić information content (AvgIpc) is 2.16. The summed E-state index contributed by atoms with van der Waals surface area (Å²) in [7, 11) is -1.74. The Labute approximate surface area is 79.7 Å². The molecule has 0 aliphatic rings. The number of non-ortho nitro benzene ring substituents is 1. The van der Waals surface area contributed by atoms with Gasteiger partial charge in [0.2, 0.25) is 0 Å². The highest BCUT2D eigenvalue weighted by Gasteiger charge is 2.18. The van der Waals surface area contributed by atoms with Gasteiger partial charge in [0, 0.05) is 12.1 Å². The van der Waals surface area contributed by atoms with Crippen molar-refractivity contribution in [2.45, 2.75) is 6.61 Å². The van der Waals surface area contributed by atoms with E-state index >= 15 is 0 Å². The van der Waals surface area contributed by atoms with E-state index in [-0.39, 0.29) is 16.7 Å². The van der Waals surface area contributed by atoms with Crippen molar-refractivity contribution in [3.8, 4) is 0 Å². The lowest BCUT2D eigenvalue weighted by Gasteiger charge is -2.05. The highest BCUT2D eigenvalue weighted by atomic mass is 16.6. The van der Waals surface area contributed by atoms with E-state index in [0.717, 1.165) is 12.1 Å². The minimum Gasteiger partial charge on any atom is -0.423 e. The summed E-state index contributed by atoms with van der Waals surface area (Å²) in [4.78, 5) is 9.73. The highest BCUT2D eigenvalue weighted by Crippen LogP contribution is 2.11. The van der Waals surface area contributed by atoms with Gasteiger partial charge < -0.3 is 15.2 Å². The number of aliphatic hydroxyl groups excluding tert-OH is 1. The van der Waals surface area contributed by atoms with Gasteiger partial charge in [-0.1, -0.05) is 6.07 Å². The predicted octanol–water partition coefficient (Wildman–Crippen LogP) is -1.23. The van der Waals surface area contributed by atoms with Crippen LogP contribution in [-0.4, -0.2) is 27.2 Å². The van der Waals surface area contributed by atoms with Gasteiger partial charge in [-0.05, 0) is 11.0 Å². The lowest BCUT2D eigenvalue weighted by Crippen LogP contribution is -2.33. The number of hydrogen-bond donors (Lipinski definition) is 3. The van der Waals surface area contributed by atoms with Gasteiger partial charge in [0.15, 0.2) is 0 Å². The molecule has 0 heterocycles. The smallest absolute Gasteiger partial charge is 0.423 e. The minimum absolute atomic E-state index is 0.0677. The molecule has 1 aromatic carbocycles. The molecule has 0 bridgehead atoms. The van der Waals surface area contributed by atoms with Crippen LogP contribution in [0.1, 0.15) is 5.56 Å². The molecule has 3 N–H and O–H groups in total. The summed E-state index contributed by atoms with van der Waals surface area (Å²) in [6.45, 7) is -0.478. The second-order valence-corrected chi connectivity index (χ2v) is 2.67. The Bertz CT molecular complexity index is 354. The van der Waals surface area contributed by atoms with Crippen LogP contribution in [-0.2, 0) is 6.61 Å². The highest BCUT2D eigenvalue weighted by molar-refractivity contribution is 6.59. The minimum atomic E-state index is -1.74. The zero-order chi connectivity index (χ0) is 10.7. The second kappa shape index (κ2) is 4.18. The van der Waals surface area contributed by atoms with Crippen molar-refractivity contribution in [3.63, 3.8) is 0 Å². The van der Waals surface area contributed by atoms with E-state index in [9.17, 15) is 10.1 Å². The van der Waals surface area contributed by atoms with E-state index in [0.29, 0.717) is 0 Å². The summed E-state index contributed by atoms with van der Waals surface area (Å²) in [5.74, 6) is 0. The molecule has 0 aromatic heterocycles. The summed E-state index contributed by atoms with van der Waals surface area (Å²) in [6, 6.07) is 3.46. The SMILES string of the molecule is O=[N+]([O-])c1ccc(B(O)O)c(CO)c1. The van der Waals surface area contributed by atoms with Crippen LogP contribution in [0.4, 0.5) is 5.69 Å². The van der Waals surface area contributed by atoms with Crippen molar-refractivity contribution in [2.24, 2.45) is 0 Å². The molecule has 0 fully saturated rings. The standard InChI is InChI=1S/C7H8BNO5/c10-4-5-3-6(9(13)14)1-2-7(5)8(11)12/h1-3,10-12H,4H2. The molecule has 0 amide bonds. The molecule has 1 rings (SSSR count). The van der Waals surface area contributed by atoms with Crippen molar-refractivity contribution in [3.05, 3.63) is 33.9 Å². The molecule has 1 aromatic rings. The van der Waals surface area contributed by atoms with Gasteiger partial charge in [0.1, 0.15) is 0 Å². The zero-order valence-electron chi connectivity index (χ0n) is 7.12.